The average molecular weight is 442 g/mol. The summed E-state index contributed by atoms with van der Waals surface area (Å²) in [6.45, 7) is 5.44. The van der Waals surface area contributed by atoms with Crippen molar-refractivity contribution in [3.05, 3.63) is 34.6 Å². The van der Waals surface area contributed by atoms with Gasteiger partial charge in [0.1, 0.15) is 0 Å². The maximum absolute atomic E-state index is 13.0. The predicted octanol–water partition coefficient (Wildman–Crippen LogP) is 2.96. The van der Waals surface area contributed by atoms with Gasteiger partial charge in [-0.1, -0.05) is 23.9 Å². The van der Waals surface area contributed by atoms with Crippen LogP contribution in [0, 0.1) is 22.7 Å². The van der Waals surface area contributed by atoms with E-state index in [1.54, 1.807) is 22.8 Å². The fraction of sp³-hybridized carbons (Fsp3) is 0.500. The molecular weight excluding hydrogens is 414 g/mol. The number of rotatable bonds is 12. The van der Waals surface area contributed by atoms with E-state index in [9.17, 15) is 9.59 Å². The highest BCUT2D eigenvalue weighted by Crippen LogP contribution is 2.19. The number of carbonyl (C=O) groups excluding carboxylic acids is 1. The normalized spacial score (nSPS) is 10.7. The van der Waals surface area contributed by atoms with Crippen molar-refractivity contribution in [2.45, 2.75) is 50.9 Å². The van der Waals surface area contributed by atoms with Gasteiger partial charge in [-0.2, -0.15) is 10.5 Å². The Kier molecular flexibility index (Phi) is 10.0. The van der Waals surface area contributed by atoms with Crippen LogP contribution in [0.25, 0.3) is 10.9 Å². The summed E-state index contributed by atoms with van der Waals surface area (Å²) in [7, 11) is 0. The second kappa shape index (κ2) is 12.7. The molecule has 0 saturated heterocycles. The third kappa shape index (κ3) is 7.39. The van der Waals surface area contributed by atoms with Crippen LogP contribution >= 0.6 is 11.8 Å². The number of para-hydroxylation sites is 1. The van der Waals surface area contributed by atoms with Crippen molar-refractivity contribution in [3.8, 4) is 12.1 Å². The highest BCUT2D eigenvalue weighted by atomic mass is 32.2. The van der Waals surface area contributed by atoms with E-state index < -0.39 is 0 Å². The van der Waals surface area contributed by atoms with Crippen LogP contribution in [0.5, 0.6) is 0 Å². The second-order valence-electron chi connectivity index (χ2n) is 7.13. The molecular formula is C22H27N5O3S. The SMILES string of the molecule is CC(C)OCCCn1c(SCC(=O)N(CCC#N)CCC#N)nc2ccccc2c1=O. The molecule has 1 amide bonds. The molecule has 0 aliphatic carbocycles. The van der Waals surface area contributed by atoms with Crippen LogP contribution in [0.3, 0.4) is 0 Å². The number of thioether (sulfide) groups is 1. The van der Waals surface area contributed by atoms with Gasteiger partial charge >= 0.3 is 0 Å². The lowest BCUT2D eigenvalue weighted by atomic mass is 10.2. The number of carbonyl (C=O) groups is 1. The maximum Gasteiger partial charge on any atom is 0.262 e. The number of ether oxygens (including phenoxy) is 1. The summed E-state index contributed by atoms with van der Waals surface area (Å²) >= 11 is 1.20. The number of hydrogen-bond acceptors (Lipinski definition) is 7. The second-order valence-corrected chi connectivity index (χ2v) is 8.07. The molecule has 2 aromatic rings. The molecule has 1 heterocycles. The van der Waals surface area contributed by atoms with Crippen LogP contribution in [0.1, 0.15) is 33.1 Å². The zero-order valence-electron chi connectivity index (χ0n) is 17.9. The number of benzene rings is 1. The molecule has 164 valence electrons. The first-order chi connectivity index (χ1) is 15.0. The van der Waals surface area contributed by atoms with Gasteiger partial charge in [-0.25, -0.2) is 4.98 Å². The van der Waals surface area contributed by atoms with Gasteiger partial charge in [0.25, 0.3) is 5.56 Å². The maximum atomic E-state index is 13.0. The third-order valence-corrected chi connectivity index (χ3v) is 5.43. The summed E-state index contributed by atoms with van der Waals surface area (Å²) in [6, 6.07) is 11.2. The van der Waals surface area contributed by atoms with E-state index in [0.29, 0.717) is 35.6 Å². The van der Waals surface area contributed by atoms with Gasteiger partial charge in [0, 0.05) is 26.2 Å². The molecule has 9 heteroatoms. The summed E-state index contributed by atoms with van der Waals surface area (Å²) in [5, 5.41) is 18.6. The number of amides is 1. The molecule has 0 aliphatic rings. The van der Waals surface area contributed by atoms with E-state index in [0.717, 1.165) is 0 Å². The Hall–Kier alpha value is -2.88. The molecule has 0 aliphatic heterocycles. The molecule has 0 spiro atoms. The summed E-state index contributed by atoms with van der Waals surface area (Å²) in [5.41, 5.74) is 0.443. The first-order valence-electron chi connectivity index (χ1n) is 10.2. The standard InChI is InChI=1S/C22H27N5O3S/c1-17(2)30-15-7-14-27-21(29)18-8-3-4-9-19(18)25-22(27)31-16-20(28)26(12-5-10-23)13-6-11-24/h3-4,8-9,17H,5-7,12-16H2,1-2H3. The minimum Gasteiger partial charge on any atom is -0.379 e. The van der Waals surface area contributed by atoms with Gasteiger partial charge in [-0.3, -0.25) is 14.2 Å². The molecule has 0 atom stereocenters. The minimum absolute atomic E-state index is 0.0735. The van der Waals surface area contributed by atoms with E-state index in [-0.39, 0.29) is 49.3 Å². The Morgan fingerprint density at radius 2 is 1.90 bits per heavy atom. The number of fused-ring (bicyclic) bond motifs is 1. The zero-order chi connectivity index (χ0) is 22.6. The van der Waals surface area contributed by atoms with Crippen LogP contribution in [0.4, 0.5) is 0 Å². The van der Waals surface area contributed by atoms with Crippen LogP contribution in [0.2, 0.25) is 0 Å². The van der Waals surface area contributed by atoms with Gasteiger partial charge < -0.3 is 9.64 Å². The van der Waals surface area contributed by atoms with Gasteiger partial charge in [0.05, 0.1) is 47.7 Å². The average Bonchev–Trinajstić information content (AvgIpc) is 2.76. The lowest BCUT2D eigenvalue weighted by Crippen LogP contribution is -2.34. The lowest BCUT2D eigenvalue weighted by molar-refractivity contribution is -0.128. The number of nitriles is 2. The Morgan fingerprint density at radius 1 is 1.23 bits per heavy atom. The summed E-state index contributed by atoms with van der Waals surface area (Å²) in [4.78, 5) is 31.8. The van der Waals surface area contributed by atoms with E-state index >= 15 is 0 Å². The van der Waals surface area contributed by atoms with E-state index in [2.05, 4.69) is 4.98 Å². The van der Waals surface area contributed by atoms with Crippen molar-refractivity contribution >= 4 is 28.6 Å². The largest absolute Gasteiger partial charge is 0.379 e. The fourth-order valence-electron chi connectivity index (χ4n) is 2.95. The Bertz CT molecular complexity index is 1000. The molecule has 1 aromatic heterocycles. The molecule has 0 fully saturated rings. The van der Waals surface area contributed by atoms with Crippen molar-refractivity contribution in [1.29, 1.82) is 10.5 Å². The predicted molar refractivity (Wildman–Crippen MR) is 119 cm³/mol. The van der Waals surface area contributed by atoms with E-state index in [1.807, 2.05) is 32.1 Å². The van der Waals surface area contributed by atoms with Crippen molar-refractivity contribution in [1.82, 2.24) is 14.5 Å². The number of nitrogens with zero attached hydrogens (tertiary/aromatic N) is 5. The molecule has 0 unspecified atom stereocenters. The van der Waals surface area contributed by atoms with Crippen molar-refractivity contribution in [2.24, 2.45) is 0 Å². The third-order valence-electron chi connectivity index (χ3n) is 4.47. The summed E-state index contributed by atoms with van der Waals surface area (Å²) < 4.78 is 7.18. The minimum atomic E-state index is -0.187. The zero-order valence-corrected chi connectivity index (χ0v) is 18.7. The van der Waals surface area contributed by atoms with Crippen LogP contribution in [-0.4, -0.2) is 51.9 Å². The van der Waals surface area contributed by atoms with Crippen molar-refractivity contribution < 1.29 is 9.53 Å². The van der Waals surface area contributed by atoms with Gasteiger partial charge in [0.15, 0.2) is 5.16 Å². The highest BCUT2D eigenvalue weighted by Gasteiger charge is 2.17. The lowest BCUT2D eigenvalue weighted by Gasteiger charge is -2.20. The molecule has 2 rings (SSSR count). The Labute approximate surface area is 186 Å². The van der Waals surface area contributed by atoms with Crippen molar-refractivity contribution in [2.75, 3.05) is 25.4 Å². The first kappa shape index (κ1) is 24.4. The monoisotopic (exact) mass is 441 g/mol. The molecule has 31 heavy (non-hydrogen) atoms. The Balaban J connectivity index is 2.21. The molecule has 0 bridgehead atoms. The molecule has 0 radical (unpaired) electrons. The number of aromatic nitrogens is 2. The summed E-state index contributed by atoms with van der Waals surface area (Å²) in [5.74, 6) is -0.114. The number of hydrogen-bond donors (Lipinski definition) is 0. The van der Waals surface area contributed by atoms with E-state index in [4.69, 9.17) is 15.3 Å². The smallest absolute Gasteiger partial charge is 0.262 e. The molecule has 0 saturated carbocycles. The molecule has 1 aromatic carbocycles. The van der Waals surface area contributed by atoms with Gasteiger partial charge in [-0.05, 0) is 32.4 Å². The van der Waals surface area contributed by atoms with Gasteiger partial charge in [-0.15, -0.1) is 0 Å². The topological polar surface area (TPSA) is 112 Å². The Morgan fingerprint density at radius 3 is 2.55 bits per heavy atom. The van der Waals surface area contributed by atoms with Gasteiger partial charge in [0.2, 0.25) is 5.91 Å². The molecule has 0 N–H and O–H groups in total. The quantitative estimate of drug-likeness (QED) is 0.283. The van der Waals surface area contributed by atoms with Crippen LogP contribution in [0.15, 0.2) is 34.2 Å². The first-order valence-corrected chi connectivity index (χ1v) is 11.2. The van der Waals surface area contributed by atoms with Crippen molar-refractivity contribution in [3.63, 3.8) is 0 Å². The summed E-state index contributed by atoms with van der Waals surface area (Å²) in [6.07, 6.45) is 1.18. The highest BCUT2D eigenvalue weighted by molar-refractivity contribution is 7.99. The molecule has 8 nitrogen and oxygen atoms in total. The van der Waals surface area contributed by atoms with Crippen LogP contribution < -0.4 is 5.56 Å². The van der Waals surface area contributed by atoms with E-state index in [1.165, 1.54) is 16.7 Å². The van der Waals surface area contributed by atoms with Crippen LogP contribution in [-0.2, 0) is 16.1 Å². The fourth-order valence-corrected chi connectivity index (χ4v) is 3.87.